The molecular formula is C30H31N5O2. The van der Waals surface area contributed by atoms with Crippen LogP contribution in [0.25, 0.3) is 27.7 Å². The molecule has 1 atom stereocenters. The molecule has 5 aromatic rings. The van der Waals surface area contributed by atoms with Gasteiger partial charge < -0.3 is 10.3 Å². The van der Waals surface area contributed by atoms with Crippen molar-refractivity contribution in [2.75, 3.05) is 0 Å². The normalized spacial score (nSPS) is 12.4. The van der Waals surface area contributed by atoms with E-state index in [4.69, 9.17) is 0 Å². The first kappa shape index (κ1) is 24.4. The Bertz CT molecular complexity index is 1680. The molecule has 0 saturated carbocycles. The Morgan fingerprint density at radius 3 is 2.57 bits per heavy atom. The number of benzene rings is 2. The van der Waals surface area contributed by atoms with Crippen LogP contribution in [0.4, 0.5) is 0 Å². The molecule has 1 amide bonds. The molecule has 5 rings (SSSR count). The van der Waals surface area contributed by atoms with Crippen molar-refractivity contribution in [3.8, 4) is 11.3 Å². The number of H-pyrrole nitrogens is 1. The zero-order valence-electron chi connectivity index (χ0n) is 21.8. The molecule has 0 saturated heterocycles. The zero-order valence-corrected chi connectivity index (χ0v) is 21.8. The van der Waals surface area contributed by atoms with E-state index in [0.717, 1.165) is 34.0 Å². The van der Waals surface area contributed by atoms with E-state index in [0.29, 0.717) is 16.8 Å². The van der Waals surface area contributed by atoms with Crippen molar-refractivity contribution in [2.24, 2.45) is 0 Å². The number of nitrogens with one attached hydrogen (secondary N) is 2. The largest absolute Gasteiger partial charge is 0.344 e. The number of aromatic amines is 1. The fourth-order valence-corrected chi connectivity index (χ4v) is 4.80. The minimum absolute atomic E-state index is 0.0747. The Morgan fingerprint density at radius 1 is 1.11 bits per heavy atom. The summed E-state index contributed by atoms with van der Waals surface area (Å²) < 4.78 is 1.53. The van der Waals surface area contributed by atoms with Crippen molar-refractivity contribution in [3.05, 3.63) is 99.2 Å². The second-order valence-electron chi connectivity index (χ2n) is 9.86. The van der Waals surface area contributed by atoms with E-state index in [2.05, 4.69) is 39.4 Å². The van der Waals surface area contributed by atoms with Gasteiger partial charge in [-0.1, -0.05) is 57.2 Å². The maximum Gasteiger partial charge on any atom is 0.274 e. The first-order chi connectivity index (χ1) is 17.8. The topological polar surface area (TPSA) is 92.2 Å². The summed E-state index contributed by atoms with van der Waals surface area (Å²) in [6.07, 6.45) is 4.46. The number of carbonyl (C=O) groups excluding carboxylic acids is 1. The second kappa shape index (κ2) is 9.65. The van der Waals surface area contributed by atoms with Gasteiger partial charge in [-0.2, -0.15) is 5.10 Å². The Kier molecular flexibility index (Phi) is 6.38. The van der Waals surface area contributed by atoms with Crippen molar-refractivity contribution in [2.45, 2.75) is 53.0 Å². The highest BCUT2D eigenvalue weighted by Crippen LogP contribution is 2.27. The van der Waals surface area contributed by atoms with Gasteiger partial charge in [0.15, 0.2) is 5.69 Å². The predicted molar refractivity (Wildman–Crippen MR) is 147 cm³/mol. The number of aromatic nitrogens is 4. The van der Waals surface area contributed by atoms with Gasteiger partial charge in [0.1, 0.15) is 5.52 Å². The van der Waals surface area contributed by atoms with E-state index in [1.165, 1.54) is 10.1 Å². The molecule has 0 spiro atoms. The highest BCUT2D eigenvalue weighted by Gasteiger charge is 2.25. The lowest BCUT2D eigenvalue weighted by Crippen LogP contribution is -2.28. The first-order valence-corrected chi connectivity index (χ1v) is 12.7. The van der Waals surface area contributed by atoms with E-state index in [1.54, 1.807) is 12.4 Å². The molecule has 0 bridgehead atoms. The van der Waals surface area contributed by atoms with E-state index in [-0.39, 0.29) is 29.1 Å². The van der Waals surface area contributed by atoms with Crippen LogP contribution >= 0.6 is 0 Å². The molecule has 3 heterocycles. The van der Waals surface area contributed by atoms with E-state index < -0.39 is 0 Å². The highest BCUT2D eigenvalue weighted by atomic mass is 16.2. The van der Waals surface area contributed by atoms with E-state index >= 15 is 0 Å². The molecule has 0 aliphatic carbocycles. The SMILES string of the molecule is CCc1ccc(C(C)NC(=O)c2nn3cc(-c4cnc5cccc(C)c5c4)[nH]c(=O)c3c2C(C)C)cc1. The molecule has 0 fully saturated rings. The third kappa shape index (κ3) is 4.53. The summed E-state index contributed by atoms with van der Waals surface area (Å²) in [4.78, 5) is 34.2. The number of carbonyl (C=O) groups is 1. The lowest BCUT2D eigenvalue weighted by molar-refractivity contribution is 0.0933. The van der Waals surface area contributed by atoms with Crippen molar-refractivity contribution >= 4 is 22.3 Å². The van der Waals surface area contributed by atoms with E-state index in [9.17, 15) is 9.59 Å². The summed E-state index contributed by atoms with van der Waals surface area (Å²) in [5.41, 5.74) is 6.61. The van der Waals surface area contributed by atoms with Gasteiger partial charge in [-0.25, -0.2) is 4.52 Å². The monoisotopic (exact) mass is 493 g/mol. The smallest absolute Gasteiger partial charge is 0.274 e. The lowest BCUT2D eigenvalue weighted by Gasteiger charge is -2.15. The molecule has 2 N–H and O–H groups in total. The maximum absolute atomic E-state index is 13.4. The fourth-order valence-electron chi connectivity index (χ4n) is 4.80. The van der Waals surface area contributed by atoms with Gasteiger partial charge in [0.2, 0.25) is 0 Å². The van der Waals surface area contributed by atoms with Crippen LogP contribution in [0.2, 0.25) is 0 Å². The molecule has 37 heavy (non-hydrogen) atoms. The third-order valence-corrected chi connectivity index (χ3v) is 6.94. The zero-order chi connectivity index (χ0) is 26.3. The maximum atomic E-state index is 13.4. The van der Waals surface area contributed by atoms with Gasteiger partial charge in [-0.15, -0.1) is 0 Å². The van der Waals surface area contributed by atoms with Crippen LogP contribution in [0.15, 0.2) is 65.7 Å². The Morgan fingerprint density at radius 2 is 1.86 bits per heavy atom. The summed E-state index contributed by atoms with van der Waals surface area (Å²) in [6, 6.07) is 16.0. The van der Waals surface area contributed by atoms with Crippen LogP contribution in [0.5, 0.6) is 0 Å². The van der Waals surface area contributed by atoms with Gasteiger partial charge in [0, 0.05) is 22.7 Å². The van der Waals surface area contributed by atoms with Crippen molar-refractivity contribution in [3.63, 3.8) is 0 Å². The summed E-state index contributed by atoms with van der Waals surface area (Å²) in [5, 5.41) is 8.68. The average Bonchev–Trinajstić information content (AvgIpc) is 3.29. The number of aryl methyl sites for hydroxylation is 2. The number of hydrogen-bond acceptors (Lipinski definition) is 4. The quantitative estimate of drug-likeness (QED) is 0.316. The Hall–Kier alpha value is -4.26. The van der Waals surface area contributed by atoms with Crippen LogP contribution < -0.4 is 10.9 Å². The van der Waals surface area contributed by atoms with Crippen LogP contribution in [0.3, 0.4) is 0 Å². The predicted octanol–water partition coefficient (Wildman–Crippen LogP) is 5.72. The van der Waals surface area contributed by atoms with Gasteiger partial charge in [-0.05, 0) is 55.0 Å². The molecule has 2 aromatic carbocycles. The molecule has 0 radical (unpaired) electrons. The van der Waals surface area contributed by atoms with Gasteiger partial charge in [0.25, 0.3) is 11.5 Å². The van der Waals surface area contributed by atoms with Crippen molar-refractivity contribution in [1.82, 2.24) is 24.9 Å². The molecule has 7 nitrogen and oxygen atoms in total. The fraction of sp³-hybridized carbons (Fsp3) is 0.267. The van der Waals surface area contributed by atoms with Gasteiger partial charge in [0.05, 0.1) is 23.4 Å². The second-order valence-corrected chi connectivity index (χ2v) is 9.86. The van der Waals surface area contributed by atoms with Crippen molar-refractivity contribution in [1.29, 1.82) is 0 Å². The highest BCUT2D eigenvalue weighted by molar-refractivity contribution is 5.96. The molecule has 188 valence electrons. The Balaban J connectivity index is 1.54. The summed E-state index contributed by atoms with van der Waals surface area (Å²) in [6.45, 7) is 10.0. The first-order valence-electron chi connectivity index (χ1n) is 12.7. The minimum atomic E-state index is -0.302. The number of rotatable bonds is 6. The molecule has 0 aliphatic rings. The average molecular weight is 494 g/mol. The summed E-state index contributed by atoms with van der Waals surface area (Å²) in [5.74, 6) is -0.377. The molecular weight excluding hydrogens is 462 g/mol. The Labute approximate surface area is 215 Å². The summed E-state index contributed by atoms with van der Waals surface area (Å²) in [7, 11) is 0. The molecule has 0 aliphatic heterocycles. The summed E-state index contributed by atoms with van der Waals surface area (Å²) >= 11 is 0. The molecule has 1 unspecified atom stereocenters. The number of pyridine rings is 1. The molecule has 3 aromatic heterocycles. The third-order valence-electron chi connectivity index (χ3n) is 6.94. The van der Waals surface area contributed by atoms with Gasteiger partial charge in [-0.3, -0.25) is 14.6 Å². The number of hydrogen-bond donors (Lipinski definition) is 2. The number of nitrogens with zero attached hydrogens (tertiary/aromatic N) is 3. The minimum Gasteiger partial charge on any atom is -0.344 e. The molecule has 7 heteroatoms. The number of amides is 1. The van der Waals surface area contributed by atoms with Crippen LogP contribution in [-0.4, -0.2) is 25.5 Å². The van der Waals surface area contributed by atoms with Crippen molar-refractivity contribution < 1.29 is 4.79 Å². The number of fused-ring (bicyclic) bond motifs is 2. The van der Waals surface area contributed by atoms with Crippen LogP contribution in [0, 0.1) is 6.92 Å². The standard InChI is InChI=1S/C30H31N5O2/c1-6-20-10-12-21(13-11-20)19(5)32-29(36)27-26(17(2)3)28-30(37)33-25(16-35(28)34-27)22-14-23-18(4)8-7-9-24(23)31-15-22/h7-17,19H,6H2,1-5H3,(H,32,36)(H,33,37). The van der Waals surface area contributed by atoms with Crippen LogP contribution in [-0.2, 0) is 6.42 Å². The van der Waals surface area contributed by atoms with Crippen LogP contribution in [0.1, 0.15) is 72.4 Å². The van der Waals surface area contributed by atoms with E-state index in [1.807, 2.05) is 64.1 Å². The lowest BCUT2D eigenvalue weighted by atomic mass is 10.0. The van der Waals surface area contributed by atoms with Gasteiger partial charge >= 0.3 is 0 Å².